The second kappa shape index (κ2) is 5.42. The van der Waals surface area contributed by atoms with E-state index < -0.39 is 41.2 Å². The summed E-state index contributed by atoms with van der Waals surface area (Å²) in [7, 11) is 1.38. The Morgan fingerprint density at radius 2 is 1.29 bits per heavy atom. The molecule has 0 aliphatic heterocycles. The van der Waals surface area contributed by atoms with Gasteiger partial charge in [-0.3, -0.25) is 4.90 Å². The van der Waals surface area contributed by atoms with Crippen LogP contribution in [-0.2, 0) is 6.54 Å². The summed E-state index contributed by atoms with van der Waals surface area (Å²) in [5, 5.41) is 8.57. The molecule has 1 aromatic carbocycles. The van der Waals surface area contributed by atoms with Gasteiger partial charge in [0.2, 0.25) is 5.82 Å². The van der Waals surface area contributed by atoms with Crippen molar-refractivity contribution in [3.63, 3.8) is 0 Å². The minimum Gasteiger partial charge on any atom is -0.395 e. The quantitative estimate of drug-likeness (QED) is 0.504. The van der Waals surface area contributed by atoms with Gasteiger partial charge in [-0.15, -0.1) is 0 Å². The average Bonchev–Trinajstić information content (AvgIpc) is 2.30. The van der Waals surface area contributed by atoms with Gasteiger partial charge in [-0.25, -0.2) is 22.0 Å². The molecule has 0 unspecified atom stereocenters. The van der Waals surface area contributed by atoms with Gasteiger partial charge in [0.15, 0.2) is 23.3 Å². The van der Waals surface area contributed by atoms with E-state index in [-0.39, 0.29) is 13.2 Å². The number of nitrogens with zero attached hydrogens (tertiary/aromatic N) is 1. The Balaban J connectivity index is 3.16. The van der Waals surface area contributed by atoms with Crippen LogP contribution in [0.4, 0.5) is 22.0 Å². The molecule has 1 aromatic rings. The Bertz CT molecular complexity index is 395. The molecule has 7 heteroatoms. The number of aliphatic hydroxyl groups is 1. The van der Waals surface area contributed by atoms with Gasteiger partial charge in [0.25, 0.3) is 0 Å². The highest BCUT2D eigenvalue weighted by Gasteiger charge is 2.25. The summed E-state index contributed by atoms with van der Waals surface area (Å²) in [6, 6.07) is 0. The molecule has 0 heterocycles. The lowest BCUT2D eigenvalue weighted by Crippen LogP contribution is -2.24. The van der Waals surface area contributed by atoms with E-state index in [0.29, 0.717) is 0 Å². The molecule has 0 radical (unpaired) electrons. The lowest BCUT2D eigenvalue weighted by atomic mass is 10.1. The van der Waals surface area contributed by atoms with Gasteiger partial charge in [0, 0.05) is 18.7 Å². The molecule has 0 saturated carbocycles. The highest BCUT2D eigenvalue weighted by molar-refractivity contribution is 5.23. The van der Waals surface area contributed by atoms with Crippen LogP contribution in [-0.4, -0.2) is 30.2 Å². The molecule has 0 amide bonds. The third-order valence-corrected chi connectivity index (χ3v) is 2.21. The van der Waals surface area contributed by atoms with Crippen molar-refractivity contribution in [1.29, 1.82) is 0 Å². The van der Waals surface area contributed by atoms with E-state index in [0.717, 1.165) is 0 Å². The standard InChI is InChI=1S/C10H10F5NO/c1-16(2-3-17)4-5-6(11)8(13)10(15)9(14)7(5)12/h17H,2-4H2,1H3. The summed E-state index contributed by atoms with van der Waals surface area (Å²) in [6.45, 7) is -0.711. The third-order valence-electron chi connectivity index (χ3n) is 2.21. The van der Waals surface area contributed by atoms with Crippen molar-refractivity contribution < 1.29 is 27.1 Å². The number of halogens is 5. The van der Waals surface area contributed by atoms with Crippen LogP contribution in [0, 0.1) is 29.1 Å². The maximum absolute atomic E-state index is 13.2. The van der Waals surface area contributed by atoms with E-state index in [4.69, 9.17) is 5.11 Å². The van der Waals surface area contributed by atoms with Crippen molar-refractivity contribution in [2.75, 3.05) is 20.2 Å². The zero-order valence-corrected chi connectivity index (χ0v) is 8.91. The molecule has 0 aliphatic carbocycles. The molecule has 0 aliphatic rings. The summed E-state index contributed by atoms with van der Waals surface area (Å²) in [5.41, 5.74) is -0.905. The zero-order chi connectivity index (χ0) is 13.2. The van der Waals surface area contributed by atoms with E-state index in [1.54, 1.807) is 0 Å². The third kappa shape index (κ3) is 2.73. The second-order valence-corrected chi connectivity index (χ2v) is 3.51. The summed E-state index contributed by atoms with van der Waals surface area (Å²) < 4.78 is 64.7. The summed E-state index contributed by atoms with van der Waals surface area (Å²) in [5.74, 6) is -9.78. The molecular weight excluding hydrogens is 245 g/mol. The fourth-order valence-electron chi connectivity index (χ4n) is 1.31. The zero-order valence-electron chi connectivity index (χ0n) is 8.91. The van der Waals surface area contributed by atoms with Crippen LogP contribution in [0.5, 0.6) is 0 Å². The normalized spacial score (nSPS) is 11.3. The van der Waals surface area contributed by atoms with E-state index in [9.17, 15) is 22.0 Å². The maximum atomic E-state index is 13.2. The van der Waals surface area contributed by atoms with Crippen LogP contribution in [0.1, 0.15) is 5.56 Å². The molecule has 0 atom stereocenters. The van der Waals surface area contributed by atoms with Gasteiger partial charge in [0.05, 0.1) is 6.61 Å². The second-order valence-electron chi connectivity index (χ2n) is 3.51. The van der Waals surface area contributed by atoms with Crippen molar-refractivity contribution in [2.45, 2.75) is 6.54 Å². The number of rotatable bonds is 4. The lowest BCUT2D eigenvalue weighted by Gasteiger charge is -2.16. The molecule has 17 heavy (non-hydrogen) atoms. The van der Waals surface area contributed by atoms with Crippen molar-refractivity contribution in [3.05, 3.63) is 34.6 Å². The molecule has 0 saturated heterocycles. The van der Waals surface area contributed by atoms with Gasteiger partial charge in [-0.1, -0.05) is 0 Å². The average molecular weight is 255 g/mol. The van der Waals surface area contributed by atoms with Crippen molar-refractivity contribution in [1.82, 2.24) is 4.90 Å². The predicted octanol–water partition coefficient (Wildman–Crippen LogP) is 1.81. The molecule has 0 aromatic heterocycles. The highest BCUT2D eigenvalue weighted by Crippen LogP contribution is 2.23. The fraction of sp³-hybridized carbons (Fsp3) is 0.400. The number of likely N-dealkylation sites (N-methyl/N-ethyl adjacent to an activating group) is 1. The first-order chi connectivity index (χ1) is 7.90. The fourth-order valence-corrected chi connectivity index (χ4v) is 1.31. The van der Waals surface area contributed by atoms with Crippen molar-refractivity contribution >= 4 is 0 Å². The smallest absolute Gasteiger partial charge is 0.200 e. The van der Waals surface area contributed by atoms with Gasteiger partial charge in [-0.2, -0.15) is 0 Å². The van der Waals surface area contributed by atoms with Gasteiger partial charge in [0.1, 0.15) is 0 Å². The molecule has 0 spiro atoms. The molecule has 0 bridgehead atoms. The number of hydrogen-bond acceptors (Lipinski definition) is 2. The van der Waals surface area contributed by atoms with E-state index in [1.807, 2.05) is 0 Å². The summed E-state index contributed by atoms with van der Waals surface area (Å²) in [4.78, 5) is 1.23. The van der Waals surface area contributed by atoms with E-state index in [2.05, 4.69) is 0 Å². The summed E-state index contributed by atoms with van der Waals surface area (Å²) in [6.07, 6.45) is 0. The number of benzene rings is 1. The minimum absolute atomic E-state index is 0.0551. The molecular formula is C10H10F5NO. The van der Waals surface area contributed by atoms with Crippen LogP contribution < -0.4 is 0 Å². The number of hydrogen-bond donors (Lipinski definition) is 1. The van der Waals surface area contributed by atoms with Crippen LogP contribution in [0.25, 0.3) is 0 Å². The van der Waals surface area contributed by atoms with Crippen LogP contribution in [0.2, 0.25) is 0 Å². The summed E-state index contributed by atoms with van der Waals surface area (Å²) >= 11 is 0. The Labute approximate surface area is 94.3 Å². The molecule has 1 N–H and O–H groups in total. The maximum Gasteiger partial charge on any atom is 0.200 e. The largest absolute Gasteiger partial charge is 0.395 e. The molecule has 0 fully saturated rings. The lowest BCUT2D eigenvalue weighted by molar-refractivity contribution is 0.212. The Morgan fingerprint density at radius 1 is 0.882 bits per heavy atom. The first-order valence-corrected chi connectivity index (χ1v) is 4.69. The molecule has 96 valence electrons. The minimum atomic E-state index is -2.17. The topological polar surface area (TPSA) is 23.5 Å². The first-order valence-electron chi connectivity index (χ1n) is 4.69. The number of aliphatic hydroxyl groups excluding tert-OH is 1. The van der Waals surface area contributed by atoms with Crippen molar-refractivity contribution in [3.8, 4) is 0 Å². The van der Waals surface area contributed by atoms with Gasteiger partial charge < -0.3 is 5.11 Å². The molecule has 2 nitrogen and oxygen atoms in total. The Kier molecular flexibility index (Phi) is 4.41. The van der Waals surface area contributed by atoms with Gasteiger partial charge in [-0.05, 0) is 7.05 Å². The monoisotopic (exact) mass is 255 g/mol. The first kappa shape index (κ1) is 13.9. The van der Waals surface area contributed by atoms with Crippen LogP contribution >= 0.6 is 0 Å². The van der Waals surface area contributed by atoms with Gasteiger partial charge >= 0.3 is 0 Å². The van der Waals surface area contributed by atoms with Crippen molar-refractivity contribution in [2.24, 2.45) is 0 Å². The van der Waals surface area contributed by atoms with Crippen LogP contribution in [0.3, 0.4) is 0 Å². The van der Waals surface area contributed by atoms with E-state index in [1.165, 1.54) is 11.9 Å². The highest BCUT2D eigenvalue weighted by atomic mass is 19.2. The SMILES string of the molecule is CN(CCO)Cc1c(F)c(F)c(F)c(F)c1F. The Morgan fingerprint density at radius 3 is 1.71 bits per heavy atom. The van der Waals surface area contributed by atoms with Crippen LogP contribution in [0.15, 0.2) is 0 Å². The molecule has 1 rings (SSSR count). The van der Waals surface area contributed by atoms with E-state index >= 15 is 0 Å². The Hall–Kier alpha value is -1.21. The predicted molar refractivity (Wildman–Crippen MR) is 49.7 cm³/mol.